The Morgan fingerprint density at radius 1 is 1.25 bits per heavy atom. The normalized spacial score (nSPS) is 18.4. The van der Waals surface area contributed by atoms with Gasteiger partial charge in [-0.2, -0.15) is 0 Å². The minimum atomic E-state index is 0.296. The molecule has 16 heavy (non-hydrogen) atoms. The monoisotopic (exact) mass is 219 g/mol. The lowest BCUT2D eigenvalue weighted by Crippen LogP contribution is -2.27. The Labute approximate surface area is 95.5 Å². The van der Waals surface area contributed by atoms with Crippen LogP contribution < -0.4 is 11.1 Å². The van der Waals surface area contributed by atoms with Gasteiger partial charge in [0.2, 0.25) is 0 Å². The van der Waals surface area contributed by atoms with E-state index in [0.717, 1.165) is 31.7 Å². The van der Waals surface area contributed by atoms with Crippen LogP contribution in [0.25, 0.3) is 0 Å². The van der Waals surface area contributed by atoms with Gasteiger partial charge < -0.3 is 15.8 Å². The minimum Gasteiger partial charge on any atom is -0.381 e. The molecule has 4 nitrogen and oxygen atoms in total. The molecule has 1 heterocycles. The van der Waals surface area contributed by atoms with Crippen molar-refractivity contribution in [1.82, 2.24) is 0 Å². The number of rotatable bonds is 2. The molecule has 0 atom stereocenters. The third kappa shape index (κ3) is 3.24. The summed E-state index contributed by atoms with van der Waals surface area (Å²) < 4.78 is 5.27. The smallest absolute Gasteiger partial charge is 0.193 e. The molecule has 0 unspecified atom stereocenters. The van der Waals surface area contributed by atoms with Crippen molar-refractivity contribution < 1.29 is 4.74 Å². The number of nitrogens with one attached hydrogen (secondary N) is 1. The molecule has 1 aliphatic rings. The first-order valence-electron chi connectivity index (χ1n) is 5.58. The fourth-order valence-electron chi connectivity index (χ4n) is 1.71. The van der Waals surface area contributed by atoms with Gasteiger partial charge in [0.1, 0.15) is 0 Å². The maximum Gasteiger partial charge on any atom is 0.193 e. The van der Waals surface area contributed by atoms with Crippen molar-refractivity contribution in [2.24, 2.45) is 10.7 Å². The van der Waals surface area contributed by atoms with Crippen molar-refractivity contribution in [3.8, 4) is 0 Å². The Morgan fingerprint density at radius 2 is 1.94 bits per heavy atom. The molecule has 1 fully saturated rings. The van der Waals surface area contributed by atoms with Crippen LogP contribution in [0, 0.1) is 0 Å². The zero-order valence-corrected chi connectivity index (χ0v) is 9.23. The molecule has 4 heteroatoms. The lowest BCUT2D eigenvalue weighted by molar-refractivity contribution is 0.0871. The maximum atomic E-state index is 5.83. The van der Waals surface area contributed by atoms with E-state index in [0.29, 0.717) is 12.0 Å². The molecule has 1 aromatic rings. The molecule has 0 radical (unpaired) electrons. The summed E-state index contributed by atoms with van der Waals surface area (Å²) in [5.41, 5.74) is 6.80. The van der Waals surface area contributed by atoms with Gasteiger partial charge in [0.25, 0.3) is 0 Å². The second kappa shape index (κ2) is 5.51. The van der Waals surface area contributed by atoms with Crippen molar-refractivity contribution in [2.45, 2.75) is 18.9 Å². The highest BCUT2D eigenvalue weighted by atomic mass is 16.5. The summed E-state index contributed by atoms with van der Waals surface area (Å²) in [4.78, 5) is 4.43. The SMILES string of the molecule is NC(=NC1CCOCC1)Nc1ccccc1. The number of nitrogens with zero attached hydrogens (tertiary/aromatic N) is 1. The quantitative estimate of drug-likeness (QED) is 0.586. The number of nitrogens with two attached hydrogens (primary N) is 1. The number of anilines is 1. The fourth-order valence-corrected chi connectivity index (χ4v) is 1.71. The van der Waals surface area contributed by atoms with Crippen LogP contribution in [0.4, 0.5) is 5.69 Å². The molecular formula is C12H17N3O. The Morgan fingerprint density at radius 3 is 2.62 bits per heavy atom. The Kier molecular flexibility index (Phi) is 3.77. The first-order chi connectivity index (χ1) is 7.84. The standard InChI is InChI=1S/C12H17N3O/c13-12(14-10-4-2-1-3-5-10)15-11-6-8-16-9-7-11/h1-5,11H,6-9H2,(H3,13,14,15). The summed E-state index contributed by atoms with van der Waals surface area (Å²) in [5, 5.41) is 3.08. The molecule has 0 aromatic heterocycles. The van der Waals surface area contributed by atoms with E-state index in [-0.39, 0.29) is 0 Å². The number of hydrogen-bond donors (Lipinski definition) is 2. The summed E-state index contributed by atoms with van der Waals surface area (Å²) in [6.07, 6.45) is 1.91. The molecule has 0 bridgehead atoms. The largest absolute Gasteiger partial charge is 0.381 e. The van der Waals surface area contributed by atoms with Gasteiger partial charge in [-0.1, -0.05) is 18.2 Å². The summed E-state index contributed by atoms with van der Waals surface area (Å²) in [6, 6.07) is 10.1. The number of aliphatic imine (C=N–C) groups is 1. The van der Waals surface area contributed by atoms with E-state index in [9.17, 15) is 0 Å². The number of para-hydroxylation sites is 1. The molecule has 1 aromatic carbocycles. The number of guanidine groups is 1. The van der Waals surface area contributed by atoms with Gasteiger partial charge in [-0.3, -0.25) is 0 Å². The predicted molar refractivity (Wildman–Crippen MR) is 65.5 cm³/mol. The summed E-state index contributed by atoms with van der Waals surface area (Å²) in [7, 11) is 0. The molecule has 1 saturated heterocycles. The van der Waals surface area contributed by atoms with E-state index in [4.69, 9.17) is 10.5 Å². The number of benzene rings is 1. The van der Waals surface area contributed by atoms with Gasteiger partial charge in [-0.15, -0.1) is 0 Å². The second-order valence-corrected chi connectivity index (χ2v) is 3.85. The lowest BCUT2D eigenvalue weighted by Gasteiger charge is -2.19. The highest BCUT2D eigenvalue weighted by Gasteiger charge is 2.12. The fraction of sp³-hybridized carbons (Fsp3) is 0.417. The molecule has 0 amide bonds. The topological polar surface area (TPSA) is 59.6 Å². The van der Waals surface area contributed by atoms with Crippen LogP contribution in [-0.2, 0) is 4.74 Å². The van der Waals surface area contributed by atoms with Crippen LogP contribution in [0.5, 0.6) is 0 Å². The zero-order valence-electron chi connectivity index (χ0n) is 9.23. The first kappa shape index (κ1) is 11.0. The molecule has 86 valence electrons. The molecule has 2 rings (SSSR count). The van der Waals surface area contributed by atoms with Crippen molar-refractivity contribution in [3.05, 3.63) is 30.3 Å². The lowest BCUT2D eigenvalue weighted by atomic mass is 10.1. The van der Waals surface area contributed by atoms with Crippen molar-refractivity contribution in [1.29, 1.82) is 0 Å². The Balaban J connectivity index is 1.91. The van der Waals surface area contributed by atoms with E-state index in [1.54, 1.807) is 0 Å². The van der Waals surface area contributed by atoms with E-state index < -0.39 is 0 Å². The van der Waals surface area contributed by atoms with Gasteiger partial charge in [-0.05, 0) is 25.0 Å². The van der Waals surface area contributed by atoms with Gasteiger partial charge in [0.05, 0.1) is 6.04 Å². The summed E-state index contributed by atoms with van der Waals surface area (Å²) in [5.74, 6) is 0.484. The minimum absolute atomic E-state index is 0.296. The van der Waals surface area contributed by atoms with Crippen LogP contribution in [0.2, 0.25) is 0 Å². The number of ether oxygens (including phenoxy) is 1. The Hall–Kier alpha value is -1.55. The number of hydrogen-bond acceptors (Lipinski definition) is 2. The molecule has 0 saturated carbocycles. The highest BCUT2D eigenvalue weighted by molar-refractivity contribution is 5.92. The summed E-state index contributed by atoms with van der Waals surface area (Å²) in [6.45, 7) is 1.57. The molecule has 0 aliphatic carbocycles. The van der Waals surface area contributed by atoms with Crippen molar-refractivity contribution in [2.75, 3.05) is 18.5 Å². The Bertz CT molecular complexity index is 345. The first-order valence-corrected chi connectivity index (χ1v) is 5.58. The average Bonchev–Trinajstić information content (AvgIpc) is 2.31. The van der Waals surface area contributed by atoms with Crippen molar-refractivity contribution >= 4 is 11.6 Å². The third-order valence-corrected chi connectivity index (χ3v) is 2.56. The second-order valence-electron chi connectivity index (χ2n) is 3.85. The molecule has 1 aliphatic heterocycles. The van der Waals surface area contributed by atoms with E-state index >= 15 is 0 Å². The van der Waals surface area contributed by atoms with Gasteiger partial charge in [0, 0.05) is 18.9 Å². The van der Waals surface area contributed by atoms with E-state index in [1.165, 1.54) is 0 Å². The molecular weight excluding hydrogens is 202 g/mol. The van der Waals surface area contributed by atoms with Crippen LogP contribution in [-0.4, -0.2) is 25.2 Å². The van der Waals surface area contributed by atoms with Crippen LogP contribution >= 0.6 is 0 Å². The average molecular weight is 219 g/mol. The van der Waals surface area contributed by atoms with Crippen LogP contribution in [0.15, 0.2) is 35.3 Å². The van der Waals surface area contributed by atoms with Crippen LogP contribution in [0.3, 0.4) is 0 Å². The van der Waals surface area contributed by atoms with Gasteiger partial charge >= 0.3 is 0 Å². The highest BCUT2D eigenvalue weighted by Crippen LogP contribution is 2.11. The molecule has 0 spiro atoms. The molecule has 3 N–H and O–H groups in total. The third-order valence-electron chi connectivity index (χ3n) is 2.56. The maximum absolute atomic E-state index is 5.83. The predicted octanol–water partition coefficient (Wildman–Crippen LogP) is 1.59. The van der Waals surface area contributed by atoms with Crippen molar-refractivity contribution in [3.63, 3.8) is 0 Å². The van der Waals surface area contributed by atoms with E-state index in [2.05, 4.69) is 10.3 Å². The zero-order chi connectivity index (χ0) is 11.2. The van der Waals surface area contributed by atoms with Crippen LogP contribution in [0.1, 0.15) is 12.8 Å². The van der Waals surface area contributed by atoms with Gasteiger partial charge in [0.15, 0.2) is 5.96 Å². The van der Waals surface area contributed by atoms with E-state index in [1.807, 2.05) is 30.3 Å². The summed E-state index contributed by atoms with van der Waals surface area (Å²) >= 11 is 0. The van der Waals surface area contributed by atoms with Gasteiger partial charge in [-0.25, -0.2) is 4.99 Å².